The summed E-state index contributed by atoms with van der Waals surface area (Å²) in [5, 5.41) is 7.21. The number of hydrogen-bond acceptors (Lipinski definition) is 4. The minimum absolute atomic E-state index is 0.859. The maximum atomic E-state index is 3.60. The Morgan fingerprint density at radius 2 is 0.578 bits per heavy atom. The van der Waals surface area contributed by atoms with Crippen molar-refractivity contribution in [1.29, 1.82) is 0 Å². The molecular weight excluding hydrogens is 548 g/mol. The van der Waals surface area contributed by atoms with Crippen molar-refractivity contribution < 1.29 is 0 Å². The van der Waals surface area contributed by atoms with Crippen molar-refractivity contribution in [2.24, 2.45) is 0 Å². The summed E-state index contributed by atoms with van der Waals surface area (Å²) in [7, 11) is 0. The molecule has 6 aromatic rings. The van der Waals surface area contributed by atoms with Gasteiger partial charge in [0.1, 0.15) is 0 Å². The van der Waals surface area contributed by atoms with E-state index in [2.05, 4.69) is 190 Å². The van der Waals surface area contributed by atoms with Gasteiger partial charge in [-0.05, 0) is 103 Å². The van der Waals surface area contributed by atoms with Gasteiger partial charge in [-0.2, -0.15) is 0 Å². The average Bonchev–Trinajstić information content (AvgIpc) is 3.11. The van der Waals surface area contributed by atoms with Crippen molar-refractivity contribution in [2.45, 2.75) is 19.5 Å². The number of benzene rings is 6. The Morgan fingerprint density at radius 3 is 0.867 bits per heavy atom. The Morgan fingerprint density at radius 1 is 0.311 bits per heavy atom. The molecule has 6 aromatic carbocycles. The van der Waals surface area contributed by atoms with Crippen molar-refractivity contribution in [3.63, 3.8) is 0 Å². The molecule has 0 aliphatic heterocycles. The van der Waals surface area contributed by atoms with Crippen LogP contribution in [0.25, 0.3) is 0 Å². The van der Waals surface area contributed by atoms with E-state index >= 15 is 0 Å². The third-order valence-electron chi connectivity index (χ3n) is 7.81. The van der Waals surface area contributed by atoms with Gasteiger partial charge in [-0.1, -0.05) is 97.1 Å². The van der Waals surface area contributed by atoms with Crippen LogP contribution in [0.15, 0.2) is 170 Å². The number of nitrogens with one attached hydrogen (secondary N) is 2. The van der Waals surface area contributed by atoms with Gasteiger partial charge >= 0.3 is 0 Å². The van der Waals surface area contributed by atoms with Crippen LogP contribution in [0.4, 0.5) is 34.1 Å². The number of para-hydroxylation sites is 4. The number of anilines is 6. The van der Waals surface area contributed by atoms with E-state index in [1.165, 1.54) is 11.1 Å². The van der Waals surface area contributed by atoms with Gasteiger partial charge in [-0.15, -0.1) is 0 Å². The molecule has 0 atom stereocenters. The summed E-state index contributed by atoms with van der Waals surface area (Å²) >= 11 is 0. The molecule has 2 N–H and O–H groups in total. The maximum absolute atomic E-state index is 3.60. The van der Waals surface area contributed by atoms with Crippen LogP contribution in [-0.4, -0.2) is 13.1 Å². The zero-order chi connectivity index (χ0) is 30.5. The second-order valence-electron chi connectivity index (χ2n) is 11.1. The van der Waals surface area contributed by atoms with E-state index in [4.69, 9.17) is 0 Å². The molecule has 0 aliphatic carbocycles. The SMILES string of the molecule is c1ccc(N(c2ccccc2)c2ccc(CNCCCNCc3ccc(N(c4ccccc4)c4ccccc4)cc3)cc2)cc1. The van der Waals surface area contributed by atoms with Crippen LogP contribution >= 0.6 is 0 Å². The lowest BCUT2D eigenvalue weighted by Crippen LogP contribution is -2.21. The normalized spacial score (nSPS) is 10.8. The minimum atomic E-state index is 0.859. The summed E-state index contributed by atoms with van der Waals surface area (Å²) in [6.45, 7) is 3.66. The zero-order valence-electron chi connectivity index (χ0n) is 25.6. The van der Waals surface area contributed by atoms with Crippen molar-refractivity contribution >= 4 is 34.1 Å². The van der Waals surface area contributed by atoms with Crippen LogP contribution in [0.2, 0.25) is 0 Å². The lowest BCUT2D eigenvalue weighted by atomic mass is 10.1. The molecule has 45 heavy (non-hydrogen) atoms. The Bertz CT molecular complexity index is 1480. The topological polar surface area (TPSA) is 30.5 Å². The average molecular weight is 589 g/mol. The van der Waals surface area contributed by atoms with Gasteiger partial charge in [0.25, 0.3) is 0 Å². The van der Waals surface area contributed by atoms with E-state index in [-0.39, 0.29) is 0 Å². The summed E-state index contributed by atoms with van der Waals surface area (Å²) in [5.41, 5.74) is 9.49. The van der Waals surface area contributed by atoms with Gasteiger partial charge in [-0.3, -0.25) is 0 Å². The van der Waals surface area contributed by atoms with Crippen LogP contribution in [0.5, 0.6) is 0 Å². The Labute approximate surface area is 267 Å². The molecule has 0 unspecified atom stereocenters. The lowest BCUT2D eigenvalue weighted by Gasteiger charge is -2.25. The second kappa shape index (κ2) is 15.5. The van der Waals surface area contributed by atoms with E-state index in [0.717, 1.165) is 66.7 Å². The molecule has 0 spiro atoms. The van der Waals surface area contributed by atoms with Gasteiger partial charge in [0.15, 0.2) is 0 Å². The van der Waals surface area contributed by atoms with E-state index in [0.29, 0.717) is 0 Å². The maximum Gasteiger partial charge on any atom is 0.0461 e. The first-order valence-corrected chi connectivity index (χ1v) is 15.7. The summed E-state index contributed by atoms with van der Waals surface area (Å²) in [6.07, 6.45) is 1.07. The van der Waals surface area contributed by atoms with Crippen molar-refractivity contribution in [1.82, 2.24) is 10.6 Å². The molecule has 0 saturated heterocycles. The van der Waals surface area contributed by atoms with E-state index < -0.39 is 0 Å². The largest absolute Gasteiger partial charge is 0.313 e. The van der Waals surface area contributed by atoms with Gasteiger partial charge < -0.3 is 20.4 Å². The quantitative estimate of drug-likeness (QED) is 0.124. The Kier molecular flexibility index (Phi) is 10.3. The molecule has 4 nitrogen and oxygen atoms in total. The highest BCUT2D eigenvalue weighted by Gasteiger charge is 2.12. The second-order valence-corrected chi connectivity index (χ2v) is 11.1. The Balaban J connectivity index is 0.956. The van der Waals surface area contributed by atoms with E-state index in [1.54, 1.807) is 0 Å². The Hall–Kier alpha value is -5.16. The highest BCUT2D eigenvalue weighted by molar-refractivity contribution is 5.77. The highest BCUT2D eigenvalue weighted by atomic mass is 15.1. The molecule has 0 bridgehead atoms. The predicted octanol–water partition coefficient (Wildman–Crippen LogP) is 9.90. The fourth-order valence-electron chi connectivity index (χ4n) is 5.53. The molecule has 0 radical (unpaired) electrons. The molecule has 0 aliphatic rings. The van der Waals surface area contributed by atoms with Gasteiger partial charge in [0.05, 0.1) is 0 Å². The molecule has 6 rings (SSSR count). The van der Waals surface area contributed by atoms with Gasteiger partial charge in [0, 0.05) is 47.2 Å². The van der Waals surface area contributed by atoms with Crippen molar-refractivity contribution in [3.05, 3.63) is 181 Å². The van der Waals surface area contributed by atoms with Crippen LogP contribution in [-0.2, 0) is 13.1 Å². The monoisotopic (exact) mass is 588 g/mol. The molecule has 0 heterocycles. The highest BCUT2D eigenvalue weighted by Crippen LogP contribution is 2.35. The van der Waals surface area contributed by atoms with Crippen molar-refractivity contribution in [2.75, 3.05) is 22.9 Å². The van der Waals surface area contributed by atoms with Crippen LogP contribution < -0.4 is 20.4 Å². The third-order valence-corrected chi connectivity index (χ3v) is 7.81. The third kappa shape index (κ3) is 8.07. The number of nitrogens with zero attached hydrogens (tertiary/aromatic N) is 2. The standard InChI is InChI=1S/C41H40N4/c1-5-14-36(15-6-1)44(37-16-7-2-8-17-37)40-26-22-34(23-27-40)32-42-30-13-31-43-33-35-24-28-41(29-25-35)45(38-18-9-3-10-19-38)39-20-11-4-12-21-39/h1-12,14-29,42-43H,13,30-33H2. The molecule has 224 valence electrons. The molecule has 0 amide bonds. The summed E-state index contributed by atoms with van der Waals surface area (Å²) in [5.74, 6) is 0. The molecule has 0 saturated carbocycles. The smallest absolute Gasteiger partial charge is 0.0461 e. The number of hydrogen-bond donors (Lipinski definition) is 2. The van der Waals surface area contributed by atoms with Gasteiger partial charge in [0.2, 0.25) is 0 Å². The summed E-state index contributed by atoms with van der Waals surface area (Å²) < 4.78 is 0. The predicted molar refractivity (Wildman–Crippen MR) is 190 cm³/mol. The summed E-state index contributed by atoms with van der Waals surface area (Å²) in [4.78, 5) is 4.58. The molecule has 0 aromatic heterocycles. The first-order valence-electron chi connectivity index (χ1n) is 15.7. The van der Waals surface area contributed by atoms with E-state index in [1.807, 2.05) is 0 Å². The van der Waals surface area contributed by atoms with Crippen LogP contribution in [0, 0.1) is 0 Å². The van der Waals surface area contributed by atoms with Crippen LogP contribution in [0.1, 0.15) is 17.5 Å². The van der Waals surface area contributed by atoms with Gasteiger partial charge in [-0.25, -0.2) is 0 Å². The first kappa shape index (κ1) is 29.9. The van der Waals surface area contributed by atoms with Crippen molar-refractivity contribution in [3.8, 4) is 0 Å². The lowest BCUT2D eigenvalue weighted by molar-refractivity contribution is 0.595. The fourth-order valence-corrected chi connectivity index (χ4v) is 5.53. The zero-order valence-corrected chi connectivity index (χ0v) is 25.6. The molecule has 0 fully saturated rings. The molecular formula is C41H40N4. The first-order chi connectivity index (χ1) is 22.3. The fraction of sp³-hybridized carbons (Fsp3) is 0.122. The summed E-state index contributed by atoms with van der Waals surface area (Å²) in [6, 6.07) is 59.8. The molecule has 4 heteroatoms. The van der Waals surface area contributed by atoms with Crippen LogP contribution in [0.3, 0.4) is 0 Å². The minimum Gasteiger partial charge on any atom is -0.313 e. The number of rotatable bonds is 14. The van der Waals surface area contributed by atoms with E-state index in [9.17, 15) is 0 Å².